The van der Waals surface area contributed by atoms with E-state index < -0.39 is 5.97 Å². The molecular weight excluding hydrogens is 218 g/mol. The number of piperidine rings is 1. The summed E-state index contributed by atoms with van der Waals surface area (Å²) in [5, 5.41) is 10.9. The molecule has 0 atom stereocenters. The van der Waals surface area contributed by atoms with Crippen LogP contribution in [0.15, 0.2) is 12.2 Å². The molecule has 17 heavy (non-hydrogen) atoms. The molecule has 0 aliphatic carbocycles. The molecule has 0 bridgehead atoms. The van der Waals surface area contributed by atoms with Crippen molar-refractivity contribution in [2.24, 2.45) is 5.92 Å². The van der Waals surface area contributed by atoms with Crippen LogP contribution in [0.4, 0.5) is 0 Å². The molecule has 1 aliphatic heterocycles. The van der Waals surface area contributed by atoms with Crippen molar-refractivity contribution in [3.05, 3.63) is 12.2 Å². The van der Waals surface area contributed by atoms with Crippen LogP contribution < -0.4 is 5.11 Å². The van der Waals surface area contributed by atoms with Gasteiger partial charge in [0.05, 0.1) is 5.97 Å². The quantitative estimate of drug-likeness (QED) is 0.537. The average molecular weight is 238 g/mol. The number of aliphatic carboxylic acids is 1. The molecule has 0 aromatic heterocycles. The van der Waals surface area contributed by atoms with Crippen molar-refractivity contribution in [3.8, 4) is 0 Å². The molecule has 1 saturated heterocycles. The van der Waals surface area contributed by atoms with Crippen molar-refractivity contribution in [2.45, 2.75) is 51.6 Å². The molecule has 0 aromatic rings. The Morgan fingerprint density at radius 1 is 1.29 bits per heavy atom. The van der Waals surface area contributed by atoms with E-state index in [0.29, 0.717) is 12.8 Å². The Morgan fingerprint density at radius 2 is 1.71 bits per heavy atom. The molecule has 0 spiro atoms. The predicted molar refractivity (Wildman–Crippen MR) is 62.9 cm³/mol. The van der Waals surface area contributed by atoms with E-state index in [0.717, 1.165) is 6.41 Å². The Hall–Kier alpha value is -1.32. The summed E-state index contributed by atoms with van der Waals surface area (Å²) >= 11 is 0. The van der Waals surface area contributed by atoms with Crippen LogP contribution >= 0.6 is 0 Å². The summed E-state index contributed by atoms with van der Waals surface area (Å²) in [6.45, 7) is 11.4. The molecule has 1 fully saturated rings. The number of likely N-dealkylation sites (tertiary alicyclic amines) is 1. The van der Waals surface area contributed by atoms with Gasteiger partial charge in [0.2, 0.25) is 6.41 Å². The monoisotopic (exact) mass is 238 g/mol. The summed E-state index contributed by atoms with van der Waals surface area (Å²) in [4.78, 5) is 23.8. The maximum atomic E-state index is 11.2. The molecule has 0 aromatic carbocycles. The second-order valence-corrected chi connectivity index (χ2v) is 6.02. The zero-order valence-corrected chi connectivity index (χ0v) is 10.9. The number of nitrogens with zero attached hydrogens (tertiary/aromatic N) is 1. The Bertz CT molecular complexity index is 340. The molecule has 1 heterocycles. The fourth-order valence-corrected chi connectivity index (χ4v) is 2.99. The molecule has 0 saturated carbocycles. The second kappa shape index (κ2) is 4.17. The number of amides is 1. The van der Waals surface area contributed by atoms with Crippen LogP contribution in [-0.2, 0) is 9.59 Å². The fourth-order valence-electron chi connectivity index (χ4n) is 2.99. The van der Waals surface area contributed by atoms with Gasteiger partial charge in [0.25, 0.3) is 0 Å². The smallest absolute Gasteiger partial charge is 0.210 e. The third kappa shape index (κ3) is 2.51. The van der Waals surface area contributed by atoms with Crippen molar-refractivity contribution >= 4 is 12.4 Å². The van der Waals surface area contributed by atoms with Crippen molar-refractivity contribution in [2.75, 3.05) is 0 Å². The standard InChI is InChI=1S/C13H21NO3/c1-9(11(16)17)10-6-12(2,3)14(8-15)13(4,5)7-10/h8,10H,1,6-7H2,2-5H3,(H,16,17)/p-1. The summed E-state index contributed by atoms with van der Waals surface area (Å²) in [5.41, 5.74) is -0.601. The van der Waals surface area contributed by atoms with Gasteiger partial charge in [0, 0.05) is 11.1 Å². The largest absolute Gasteiger partial charge is 0.545 e. The number of rotatable bonds is 3. The summed E-state index contributed by atoms with van der Waals surface area (Å²) in [6, 6.07) is 0. The SMILES string of the molecule is C=C(C(=O)[O-])C1CC(C)(C)N(C=O)C(C)(C)C1. The summed E-state index contributed by atoms with van der Waals surface area (Å²) in [7, 11) is 0. The van der Waals surface area contributed by atoms with Crippen LogP contribution in [-0.4, -0.2) is 28.4 Å². The zero-order chi connectivity index (χ0) is 13.4. The highest BCUT2D eigenvalue weighted by atomic mass is 16.4. The van der Waals surface area contributed by atoms with E-state index in [1.165, 1.54) is 0 Å². The molecule has 4 nitrogen and oxygen atoms in total. The number of carbonyl (C=O) groups excluding carboxylic acids is 2. The molecule has 0 radical (unpaired) electrons. The highest BCUT2D eigenvalue weighted by Gasteiger charge is 2.45. The third-order valence-electron chi connectivity index (χ3n) is 3.66. The first-order valence-electron chi connectivity index (χ1n) is 5.77. The number of carboxylic acids is 1. The van der Waals surface area contributed by atoms with Gasteiger partial charge in [-0.05, 0) is 52.0 Å². The Kier molecular flexibility index (Phi) is 3.37. The lowest BCUT2D eigenvalue weighted by molar-refractivity contribution is -0.300. The second-order valence-electron chi connectivity index (χ2n) is 6.02. The first kappa shape index (κ1) is 13.7. The number of carboxylic acid groups (broad SMARTS) is 1. The Morgan fingerprint density at radius 3 is 2.00 bits per heavy atom. The summed E-state index contributed by atoms with van der Waals surface area (Å²) < 4.78 is 0. The van der Waals surface area contributed by atoms with Crippen LogP contribution in [0.2, 0.25) is 0 Å². The van der Waals surface area contributed by atoms with Gasteiger partial charge in [-0.3, -0.25) is 4.79 Å². The molecule has 0 unspecified atom stereocenters. The number of carbonyl (C=O) groups is 2. The molecule has 1 rings (SSSR count). The van der Waals surface area contributed by atoms with Crippen LogP contribution in [0.5, 0.6) is 0 Å². The third-order valence-corrected chi connectivity index (χ3v) is 3.66. The van der Waals surface area contributed by atoms with Gasteiger partial charge in [-0.25, -0.2) is 0 Å². The Balaban J connectivity index is 3.03. The van der Waals surface area contributed by atoms with Gasteiger partial charge >= 0.3 is 0 Å². The zero-order valence-electron chi connectivity index (χ0n) is 10.9. The molecule has 1 aliphatic rings. The lowest BCUT2D eigenvalue weighted by Crippen LogP contribution is -2.60. The molecule has 1 amide bonds. The van der Waals surface area contributed by atoms with E-state index in [-0.39, 0.29) is 22.6 Å². The van der Waals surface area contributed by atoms with Crippen LogP contribution in [0, 0.1) is 5.92 Å². The molecule has 96 valence electrons. The average Bonchev–Trinajstić information content (AvgIpc) is 2.13. The van der Waals surface area contributed by atoms with Crippen molar-refractivity contribution in [1.29, 1.82) is 0 Å². The van der Waals surface area contributed by atoms with E-state index in [9.17, 15) is 14.7 Å². The minimum absolute atomic E-state index is 0.136. The lowest BCUT2D eigenvalue weighted by atomic mass is 9.71. The van der Waals surface area contributed by atoms with Gasteiger partial charge in [-0.1, -0.05) is 6.58 Å². The normalized spacial score (nSPS) is 23.2. The van der Waals surface area contributed by atoms with Gasteiger partial charge in [-0.2, -0.15) is 0 Å². The van der Waals surface area contributed by atoms with E-state index in [2.05, 4.69) is 6.58 Å². The van der Waals surface area contributed by atoms with E-state index in [1.807, 2.05) is 27.7 Å². The molecule has 4 heteroatoms. The van der Waals surface area contributed by atoms with Crippen LogP contribution in [0.3, 0.4) is 0 Å². The van der Waals surface area contributed by atoms with Crippen LogP contribution in [0.25, 0.3) is 0 Å². The minimum Gasteiger partial charge on any atom is -0.545 e. The maximum Gasteiger partial charge on any atom is 0.210 e. The van der Waals surface area contributed by atoms with Gasteiger partial charge in [0.1, 0.15) is 0 Å². The van der Waals surface area contributed by atoms with E-state index >= 15 is 0 Å². The topological polar surface area (TPSA) is 60.4 Å². The minimum atomic E-state index is -1.19. The van der Waals surface area contributed by atoms with Crippen molar-refractivity contribution in [1.82, 2.24) is 4.90 Å². The van der Waals surface area contributed by atoms with Gasteiger partial charge < -0.3 is 14.8 Å². The molecule has 0 N–H and O–H groups in total. The predicted octanol–water partition coefficient (Wildman–Crippen LogP) is 0.718. The highest BCUT2D eigenvalue weighted by molar-refractivity contribution is 5.84. The summed E-state index contributed by atoms with van der Waals surface area (Å²) in [6.07, 6.45) is 2.04. The van der Waals surface area contributed by atoms with Gasteiger partial charge in [-0.15, -0.1) is 0 Å². The number of hydrogen-bond donors (Lipinski definition) is 0. The van der Waals surface area contributed by atoms with E-state index in [1.54, 1.807) is 4.90 Å². The first-order valence-corrected chi connectivity index (χ1v) is 5.77. The first-order chi connectivity index (χ1) is 7.62. The fraction of sp³-hybridized carbons (Fsp3) is 0.692. The maximum absolute atomic E-state index is 11.2. The molecular formula is C13H20NO3-. The van der Waals surface area contributed by atoms with Crippen molar-refractivity contribution in [3.63, 3.8) is 0 Å². The van der Waals surface area contributed by atoms with E-state index in [4.69, 9.17) is 0 Å². The van der Waals surface area contributed by atoms with Crippen LogP contribution in [0.1, 0.15) is 40.5 Å². The summed E-state index contributed by atoms with van der Waals surface area (Å²) in [5.74, 6) is -1.33. The lowest BCUT2D eigenvalue weighted by Gasteiger charge is -2.54. The van der Waals surface area contributed by atoms with Gasteiger partial charge in [0.15, 0.2) is 0 Å². The Labute approximate surface area is 102 Å². The number of hydrogen-bond acceptors (Lipinski definition) is 3. The highest BCUT2D eigenvalue weighted by Crippen LogP contribution is 2.42. The van der Waals surface area contributed by atoms with Crippen molar-refractivity contribution < 1.29 is 14.7 Å².